The van der Waals surface area contributed by atoms with Gasteiger partial charge >= 0.3 is 0 Å². The Morgan fingerprint density at radius 2 is 1.82 bits per heavy atom. The van der Waals surface area contributed by atoms with E-state index in [1.54, 1.807) is 30.3 Å². The van der Waals surface area contributed by atoms with Crippen LogP contribution in [0, 0.1) is 5.82 Å². The summed E-state index contributed by atoms with van der Waals surface area (Å²) in [4.78, 5) is 36.1. The number of hydrogen-bond donors (Lipinski definition) is 2. The van der Waals surface area contributed by atoms with Crippen molar-refractivity contribution in [2.75, 3.05) is 6.54 Å². The Kier molecular flexibility index (Phi) is 6.98. The number of aliphatic hydroxyl groups excluding tert-OH is 1. The largest absolute Gasteiger partial charge is 0.378 e. The molecule has 1 aromatic heterocycles. The van der Waals surface area contributed by atoms with Gasteiger partial charge < -0.3 is 15.0 Å². The molecule has 6 nitrogen and oxygen atoms in total. The van der Waals surface area contributed by atoms with Crippen LogP contribution in [0.5, 0.6) is 0 Å². The molecule has 2 aliphatic rings. The molecule has 1 atom stereocenters. The van der Waals surface area contributed by atoms with Crippen molar-refractivity contribution in [3.05, 3.63) is 121 Å². The van der Waals surface area contributed by atoms with Crippen molar-refractivity contribution in [2.24, 2.45) is 0 Å². The number of nitrogens with zero attached hydrogens (tertiary/aromatic N) is 2. The quantitative estimate of drug-likeness (QED) is 0.306. The predicted molar refractivity (Wildman–Crippen MR) is 152 cm³/mol. The lowest BCUT2D eigenvalue weighted by molar-refractivity contribution is -0.141. The summed E-state index contributed by atoms with van der Waals surface area (Å²) in [5.41, 5.74) is 3.29. The number of benzene rings is 3. The lowest BCUT2D eigenvalue weighted by Gasteiger charge is -2.24. The zero-order valence-corrected chi connectivity index (χ0v) is 23.0. The summed E-state index contributed by atoms with van der Waals surface area (Å²) < 4.78 is 13.6. The molecule has 3 aromatic carbocycles. The number of carbonyl (C=O) groups is 1. The molecule has 2 N–H and O–H groups in total. The van der Waals surface area contributed by atoms with Crippen LogP contribution in [0.1, 0.15) is 53.6 Å². The molecule has 1 fully saturated rings. The molecule has 1 aliphatic carbocycles. The summed E-state index contributed by atoms with van der Waals surface area (Å²) >= 11 is 12.2. The van der Waals surface area contributed by atoms with Gasteiger partial charge in [-0.1, -0.05) is 59.6 Å². The monoisotopic (exact) mass is 577 g/mol. The maximum Gasteiger partial charge on any atom is 0.256 e. The van der Waals surface area contributed by atoms with Gasteiger partial charge in [0, 0.05) is 11.6 Å². The highest BCUT2D eigenvalue weighted by Crippen LogP contribution is 2.52. The number of aliphatic hydroxyl groups is 1. The second-order valence-electron chi connectivity index (χ2n) is 10.5. The standard InChI is InChI=1S/C31H26Cl2FN3O3/c32-22-7-2-6-21(16-22)31(11-12-31)30-35-26-8-3-13-37(17-23(26)28(39)36-30)29(40)27(38)20-5-1-4-18(14-20)19-9-10-25(34)24(33)15-19/h1-2,4-7,9-10,14-16,27,38H,3,8,11-13,17H2,(H,35,36,39)/t27-/m1/s1. The average Bonchev–Trinajstić information content (AvgIpc) is 3.78. The van der Waals surface area contributed by atoms with Crippen LogP contribution < -0.4 is 5.56 Å². The number of fused-ring (bicyclic) bond motifs is 1. The number of nitrogens with one attached hydrogen (secondary N) is 1. The molecule has 0 radical (unpaired) electrons. The molecular formula is C31H26Cl2FN3O3. The second-order valence-corrected chi connectivity index (χ2v) is 11.3. The average molecular weight is 578 g/mol. The number of aromatic amines is 1. The molecule has 2 heterocycles. The number of rotatable bonds is 5. The Hall–Kier alpha value is -3.52. The molecule has 204 valence electrons. The number of amides is 1. The fourth-order valence-corrected chi connectivity index (χ4v) is 5.86. The minimum absolute atomic E-state index is 0.00933. The zero-order chi connectivity index (χ0) is 28.0. The van der Waals surface area contributed by atoms with Crippen molar-refractivity contribution in [1.82, 2.24) is 14.9 Å². The molecule has 4 aromatic rings. The van der Waals surface area contributed by atoms with E-state index in [9.17, 15) is 19.1 Å². The molecule has 1 amide bonds. The van der Waals surface area contributed by atoms with Gasteiger partial charge in [0.2, 0.25) is 0 Å². The van der Waals surface area contributed by atoms with E-state index in [-0.39, 0.29) is 22.5 Å². The molecule has 6 rings (SSSR count). The highest BCUT2D eigenvalue weighted by molar-refractivity contribution is 6.31. The molecular weight excluding hydrogens is 552 g/mol. The van der Waals surface area contributed by atoms with Gasteiger partial charge in [0.1, 0.15) is 11.6 Å². The summed E-state index contributed by atoms with van der Waals surface area (Å²) in [5.74, 6) is -0.383. The summed E-state index contributed by atoms with van der Waals surface area (Å²) in [6, 6.07) is 18.9. The lowest BCUT2D eigenvalue weighted by Crippen LogP contribution is -2.36. The Bertz CT molecular complexity index is 1680. The topological polar surface area (TPSA) is 86.3 Å². The van der Waals surface area contributed by atoms with Crippen LogP contribution in [0.15, 0.2) is 71.5 Å². The van der Waals surface area contributed by atoms with E-state index in [0.717, 1.165) is 18.4 Å². The summed E-state index contributed by atoms with van der Waals surface area (Å²) in [7, 11) is 0. The van der Waals surface area contributed by atoms with Crippen LogP contribution in [0.2, 0.25) is 10.0 Å². The summed E-state index contributed by atoms with van der Waals surface area (Å²) in [5, 5.41) is 11.7. The smallest absolute Gasteiger partial charge is 0.256 e. The molecule has 0 saturated heterocycles. The Morgan fingerprint density at radius 1 is 1.05 bits per heavy atom. The molecule has 0 spiro atoms. The van der Waals surface area contributed by atoms with Gasteiger partial charge in [-0.3, -0.25) is 9.59 Å². The van der Waals surface area contributed by atoms with Crippen molar-refractivity contribution in [1.29, 1.82) is 0 Å². The van der Waals surface area contributed by atoms with Crippen molar-refractivity contribution in [3.8, 4) is 11.1 Å². The van der Waals surface area contributed by atoms with E-state index < -0.39 is 17.8 Å². The second kappa shape index (κ2) is 10.5. The third kappa shape index (κ3) is 4.94. The Balaban J connectivity index is 1.25. The maximum absolute atomic E-state index is 13.6. The first-order chi connectivity index (χ1) is 19.2. The van der Waals surface area contributed by atoms with Gasteiger partial charge in [0.15, 0.2) is 6.10 Å². The number of halogens is 3. The highest BCUT2D eigenvalue weighted by atomic mass is 35.5. The van der Waals surface area contributed by atoms with Crippen molar-refractivity contribution in [2.45, 2.75) is 43.7 Å². The Labute approximate surface area is 240 Å². The van der Waals surface area contributed by atoms with Crippen LogP contribution in [0.3, 0.4) is 0 Å². The first kappa shape index (κ1) is 26.7. The summed E-state index contributed by atoms with van der Waals surface area (Å²) in [6.07, 6.45) is 1.48. The van der Waals surface area contributed by atoms with Gasteiger partial charge in [0.25, 0.3) is 11.5 Å². The maximum atomic E-state index is 13.6. The lowest BCUT2D eigenvalue weighted by atomic mass is 9.94. The minimum atomic E-state index is -1.43. The number of hydrogen-bond acceptors (Lipinski definition) is 4. The zero-order valence-electron chi connectivity index (χ0n) is 21.5. The summed E-state index contributed by atoms with van der Waals surface area (Å²) in [6.45, 7) is 0.443. The number of aryl methyl sites for hydroxylation is 1. The fraction of sp³-hybridized carbons (Fsp3) is 0.258. The predicted octanol–water partition coefficient (Wildman–Crippen LogP) is 5.97. The molecule has 0 bridgehead atoms. The molecule has 9 heteroatoms. The molecule has 1 aliphatic heterocycles. The van der Waals surface area contributed by atoms with Crippen molar-refractivity contribution in [3.63, 3.8) is 0 Å². The van der Waals surface area contributed by atoms with E-state index in [2.05, 4.69) is 4.98 Å². The third-order valence-corrected chi connectivity index (χ3v) is 8.40. The van der Waals surface area contributed by atoms with Crippen molar-refractivity contribution >= 4 is 29.1 Å². The minimum Gasteiger partial charge on any atom is -0.378 e. The normalized spacial score (nSPS) is 16.6. The number of H-pyrrole nitrogens is 1. The van der Waals surface area contributed by atoms with Gasteiger partial charge in [0.05, 0.1) is 28.2 Å². The highest BCUT2D eigenvalue weighted by Gasteiger charge is 2.48. The van der Waals surface area contributed by atoms with Gasteiger partial charge in [-0.2, -0.15) is 0 Å². The van der Waals surface area contributed by atoms with Crippen LogP contribution in [0.25, 0.3) is 11.1 Å². The Morgan fingerprint density at radius 3 is 2.58 bits per heavy atom. The van der Waals surface area contributed by atoms with Crippen LogP contribution >= 0.6 is 23.2 Å². The van der Waals surface area contributed by atoms with E-state index in [1.807, 2.05) is 24.3 Å². The number of carbonyl (C=O) groups excluding carboxylic acids is 1. The fourth-order valence-electron chi connectivity index (χ4n) is 5.49. The first-order valence-corrected chi connectivity index (χ1v) is 13.9. The van der Waals surface area contributed by atoms with Crippen LogP contribution in [-0.4, -0.2) is 32.4 Å². The van der Waals surface area contributed by atoms with Crippen LogP contribution in [0.4, 0.5) is 4.39 Å². The first-order valence-electron chi connectivity index (χ1n) is 13.2. The molecule has 0 unspecified atom stereocenters. The molecule has 1 saturated carbocycles. The van der Waals surface area contributed by atoms with Crippen LogP contribution in [-0.2, 0) is 23.2 Å². The van der Waals surface area contributed by atoms with Crippen molar-refractivity contribution < 1.29 is 14.3 Å². The van der Waals surface area contributed by atoms with E-state index in [0.29, 0.717) is 58.2 Å². The van der Waals surface area contributed by atoms with E-state index >= 15 is 0 Å². The van der Waals surface area contributed by atoms with E-state index in [1.165, 1.54) is 17.0 Å². The SMILES string of the molecule is O=C([C@H](O)c1cccc(-c2ccc(F)c(Cl)c2)c1)N1CCCc2nc(C3(c4cccc(Cl)c4)CC3)[nH]c(=O)c2C1. The van der Waals surface area contributed by atoms with E-state index in [4.69, 9.17) is 28.2 Å². The van der Waals surface area contributed by atoms with Gasteiger partial charge in [-0.25, -0.2) is 9.37 Å². The van der Waals surface area contributed by atoms with Gasteiger partial charge in [-0.05, 0) is 78.3 Å². The van der Waals surface area contributed by atoms with Gasteiger partial charge in [-0.15, -0.1) is 0 Å². The molecule has 40 heavy (non-hydrogen) atoms. The third-order valence-electron chi connectivity index (χ3n) is 7.87. The number of aromatic nitrogens is 2.